The molecular formula is C19H29N3O4S. The summed E-state index contributed by atoms with van der Waals surface area (Å²) in [5.41, 5.74) is 0.495. The van der Waals surface area contributed by atoms with Crippen LogP contribution in [0.1, 0.15) is 26.2 Å². The molecule has 1 amide bonds. The Kier molecular flexibility index (Phi) is 6.26. The molecule has 0 unspecified atom stereocenters. The van der Waals surface area contributed by atoms with Crippen LogP contribution in [-0.2, 0) is 14.8 Å². The highest BCUT2D eigenvalue weighted by molar-refractivity contribution is 7.92. The fourth-order valence-electron chi connectivity index (χ4n) is 3.62. The number of para-hydroxylation sites is 2. The molecule has 1 aromatic rings. The summed E-state index contributed by atoms with van der Waals surface area (Å²) in [7, 11) is -1.34. The van der Waals surface area contributed by atoms with Crippen molar-refractivity contribution in [2.75, 3.05) is 43.3 Å². The second kappa shape index (κ2) is 8.48. The number of rotatable bonds is 6. The van der Waals surface area contributed by atoms with Crippen molar-refractivity contribution in [1.82, 2.24) is 10.2 Å². The molecule has 0 radical (unpaired) electrons. The molecule has 2 heterocycles. The van der Waals surface area contributed by atoms with Crippen molar-refractivity contribution in [2.24, 2.45) is 5.92 Å². The first-order chi connectivity index (χ1) is 12.9. The first kappa shape index (κ1) is 19.9. The van der Waals surface area contributed by atoms with Gasteiger partial charge in [0.05, 0.1) is 18.0 Å². The Morgan fingerprint density at radius 2 is 1.96 bits per heavy atom. The van der Waals surface area contributed by atoms with Gasteiger partial charge in [-0.25, -0.2) is 8.42 Å². The van der Waals surface area contributed by atoms with E-state index >= 15 is 0 Å². The molecule has 2 aliphatic heterocycles. The lowest BCUT2D eigenvalue weighted by Gasteiger charge is -2.34. The normalized spacial score (nSPS) is 21.4. The summed E-state index contributed by atoms with van der Waals surface area (Å²) in [5.74, 6) is 0.780. The third-order valence-electron chi connectivity index (χ3n) is 5.42. The summed E-state index contributed by atoms with van der Waals surface area (Å²) >= 11 is 0. The van der Waals surface area contributed by atoms with E-state index in [1.54, 1.807) is 31.2 Å². The third-order valence-corrected chi connectivity index (χ3v) is 7.16. The molecule has 0 bridgehead atoms. The Hall–Kier alpha value is -1.80. The van der Waals surface area contributed by atoms with Crippen molar-refractivity contribution in [3.8, 4) is 5.75 Å². The van der Waals surface area contributed by atoms with Gasteiger partial charge in [-0.3, -0.25) is 9.10 Å². The smallest absolute Gasteiger partial charge is 0.263 e. The number of carbonyl (C=O) groups is 1. The summed E-state index contributed by atoms with van der Waals surface area (Å²) in [5, 5.41) is 2.93. The summed E-state index contributed by atoms with van der Waals surface area (Å²) < 4.78 is 32.0. The Morgan fingerprint density at radius 1 is 1.26 bits per heavy atom. The van der Waals surface area contributed by atoms with E-state index in [-0.39, 0.29) is 18.2 Å². The van der Waals surface area contributed by atoms with Gasteiger partial charge < -0.3 is 15.0 Å². The Bertz CT molecular complexity index is 760. The number of hydrogen-bond donors (Lipinski definition) is 1. The molecule has 1 fully saturated rings. The van der Waals surface area contributed by atoms with Gasteiger partial charge in [0.25, 0.3) is 5.91 Å². The number of anilines is 1. The monoisotopic (exact) mass is 395 g/mol. The Morgan fingerprint density at radius 3 is 2.67 bits per heavy atom. The zero-order valence-corrected chi connectivity index (χ0v) is 16.9. The van der Waals surface area contributed by atoms with E-state index in [4.69, 9.17) is 4.74 Å². The van der Waals surface area contributed by atoms with Gasteiger partial charge in [-0.2, -0.15) is 0 Å². The summed E-state index contributed by atoms with van der Waals surface area (Å²) in [6.45, 7) is 4.41. The second-order valence-corrected chi connectivity index (χ2v) is 9.51. The fourth-order valence-corrected chi connectivity index (χ4v) is 4.75. The topological polar surface area (TPSA) is 79.0 Å². The van der Waals surface area contributed by atoms with Gasteiger partial charge in [-0.1, -0.05) is 12.1 Å². The molecule has 0 aromatic heterocycles. The molecule has 1 saturated heterocycles. The van der Waals surface area contributed by atoms with Gasteiger partial charge in [0, 0.05) is 6.54 Å². The molecular weight excluding hydrogens is 366 g/mol. The minimum absolute atomic E-state index is 0.00719. The molecule has 27 heavy (non-hydrogen) atoms. The molecule has 8 heteroatoms. The number of hydrogen-bond acceptors (Lipinski definition) is 5. The zero-order chi connectivity index (χ0) is 19.4. The second-order valence-electron chi connectivity index (χ2n) is 7.33. The van der Waals surface area contributed by atoms with Crippen LogP contribution in [0.5, 0.6) is 5.75 Å². The number of benzene rings is 1. The molecule has 150 valence electrons. The predicted octanol–water partition coefficient (Wildman–Crippen LogP) is 1.45. The molecule has 1 N–H and O–H groups in total. The number of sulfonamides is 1. The summed E-state index contributed by atoms with van der Waals surface area (Å²) in [6.07, 6.45) is 2.42. The zero-order valence-electron chi connectivity index (χ0n) is 16.1. The number of ether oxygens (including phenoxy) is 1. The maximum Gasteiger partial charge on any atom is 0.263 e. The van der Waals surface area contributed by atoms with Crippen LogP contribution in [0.15, 0.2) is 24.3 Å². The van der Waals surface area contributed by atoms with E-state index in [0.29, 0.717) is 23.9 Å². The van der Waals surface area contributed by atoms with Crippen LogP contribution in [0.3, 0.4) is 0 Å². The molecule has 2 aliphatic rings. The maximum atomic E-state index is 12.6. The standard InChI is InChI=1S/C19H29N3O4S/c1-3-27(24,25)22-14-18(26-17-7-5-4-6-16(17)22)19(23)20-11-8-15-9-12-21(2)13-10-15/h4-7,15,18H,3,8-14H2,1-2H3,(H,20,23)/t18-/m1/s1. The minimum Gasteiger partial charge on any atom is -0.476 e. The SMILES string of the molecule is CCS(=O)(=O)N1C[C@H](C(=O)NCCC2CCN(C)CC2)Oc2ccccc21. The van der Waals surface area contributed by atoms with Gasteiger partial charge in [0.15, 0.2) is 6.10 Å². The lowest BCUT2D eigenvalue weighted by Crippen LogP contribution is -2.51. The lowest BCUT2D eigenvalue weighted by molar-refractivity contribution is -0.127. The van der Waals surface area contributed by atoms with E-state index in [1.165, 1.54) is 4.31 Å². The average Bonchev–Trinajstić information content (AvgIpc) is 2.68. The number of fused-ring (bicyclic) bond motifs is 1. The van der Waals surface area contributed by atoms with E-state index in [1.807, 2.05) is 0 Å². The van der Waals surface area contributed by atoms with Gasteiger partial charge in [0.2, 0.25) is 10.0 Å². The van der Waals surface area contributed by atoms with E-state index in [9.17, 15) is 13.2 Å². The quantitative estimate of drug-likeness (QED) is 0.789. The van der Waals surface area contributed by atoms with Crippen LogP contribution >= 0.6 is 0 Å². The molecule has 0 spiro atoms. The van der Waals surface area contributed by atoms with Crippen LogP contribution in [0.4, 0.5) is 5.69 Å². The Labute approximate surface area is 161 Å². The molecule has 1 atom stereocenters. The molecule has 0 saturated carbocycles. The molecule has 3 rings (SSSR count). The van der Waals surface area contributed by atoms with Crippen LogP contribution in [0.2, 0.25) is 0 Å². The van der Waals surface area contributed by atoms with Crippen LogP contribution < -0.4 is 14.4 Å². The van der Waals surface area contributed by atoms with E-state index in [0.717, 1.165) is 32.4 Å². The highest BCUT2D eigenvalue weighted by atomic mass is 32.2. The fraction of sp³-hybridized carbons (Fsp3) is 0.632. The van der Waals surface area contributed by atoms with Crippen molar-refractivity contribution in [2.45, 2.75) is 32.3 Å². The van der Waals surface area contributed by atoms with Gasteiger partial charge in [-0.15, -0.1) is 0 Å². The van der Waals surface area contributed by atoms with Crippen LogP contribution in [0, 0.1) is 5.92 Å². The average molecular weight is 396 g/mol. The van der Waals surface area contributed by atoms with Crippen molar-refractivity contribution in [3.05, 3.63) is 24.3 Å². The first-order valence-electron chi connectivity index (χ1n) is 9.63. The number of nitrogens with one attached hydrogen (secondary N) is 1. The van der Waals surface area contributed by atoms with Gasteiger partial charge in [-0.05, 0) is 64.4 Å². The molecule has 1 aromatic carbocycles. The van der Waals surface area contributed by atoms with Gasteiger partial charge in [0.1, 0.15) is 5.75 Å². The van der Waals surface area contributed by atoms with Crippen LogP contribution in [-0.4, -0.2) is 64.3 Å². The largest absolute Gasteiger partial charge is 0.476 e. The first-order valence-corrected chi connectivity index (χ1v) is 11.2. The maximum absolute atomic E-state index is 12.6. The highest BCUT2D eigenvalue weighted by Crippen LogP contribution is 2.35. The number of piperidine rings is 1. The third kappa shape index (κ3) is 4.73. The van der Waals surface area contributed by atoms with Gasteiger partial charge >= 0.3 is 0 Å². The number of likely N-dealkylation sites (tertiary alicyclic amines) is 1. The molecule has 0 aliphatic carbocycles. The number of nitrogens with zero attached hydrogens (tertiary/aromatic N) is 2. The minimum atomic E-state index is -3.48. The van der Waals surface area contributed by atoms with Crippen molar-refractivity contribution in [1.29, 1.82) is 0 Å². The van der Waals surface area contributed by atoms with Crippen molar-refractivity contribution < 1.29 is 17.9 Å². The van der Waals surface area contributed by atoms with E-state index < -0.39 is 16.1 Å². The Balaban J connectivity index is 1.60. The van der Waals surface area contributed by atoms with Crippen LogP contribution in [0.25, 0.3) is 0 Å². The predicted molar refractivity (Wildman–Crippen MR) is 106 cm³/mol. The number of amides is 1. The summed E-state index contributed by atoms with van der Waals surface area (Å²) in [4.78, 5) is 14.9. The molecule has 7 nitrogen and oxygen atoms in total. The van der Waals surface area contributed by atoms with Crippen molar-refractivity contribution in [3.63, 3.8) is 0 Å². The van der Waals surface area contributed by atoms with Crippen molar-refractivity contribution >= 4 is 21.6 Å². The summed E-state index contributed by atoms with van der Waals surface area (Å²) in [6, 6.07) is 6.95. The highest BCUT2D eigenvalue weighted by Gasteiger charge is 2.35. The number of carbonyl (C=O) groups excluding carboxylic acids is 1. The lowest BCUT2D eigenvalue weighted by atomic mass is 9.94. The van der Waals surface area contributed by atoms with E-state index in [2.05, 4.69) is 17.3 Å².